The van der Waals surface area contributed by atoms with Crippen LogP contribution in [-0.2, 0) is 4.74 Å². The van der Waals surface area contributed by atoms with Crippen LogP contribution in [0, 0.1) is 11.8 Å². The fourth-order valence-electron chi connectivity index (χ4n) is 2.50. The van der Waals surface area contributed by atoms with Crippen molar-refractivity contribution in [2.45, 2.75) is 39.5 Å². The molecule has 0 amide bonds. The molecule has 2 saturated heterocycles. The Balaban J connectivity index is 0.000000461. The van der Waals surface area contributed by atoms with Crippen LogP contribution in [0.15, 0.2) is 0 Å². The van der Waals surface area contributed by atoms with E-state index in [1.165, 1.54) is 38.8 Å². The molecule has 2 fully saturated rings. The van der Waals surface area contributed by atoms with Crippen molar-refractivity contribution in [3.8, 4) is 0 Å². The number of rotatable bonds is 1. The summed E-state index contributed by atoms with van der Waals surface area (Å²) in [6, 6.07) is 0. The second kappa shape index (κ2) is 7.24. The fourth-order valence-corrected chi connectivity index (χ4v) is 2.50. The second-order valence-electron chi connectivity index (χ2n) is 4.04. The van der Waals surface area contributed by atoms with Crippen LogP contribution in [0.3, 0.4) is 0 Å². The first kappa shape index (κ1) is 12.0. The summed E-state index contributed by atoms with van der Waals surface area (Å²) in [7, 11) is 0. The first-order valence-corrected chi connectivity index (χ1v) is 6.25. The Morgan fingerprint density at radius 3 is 1.93 bits per heavy atom. The molecule has 2 rings (SSSR count). The molecule has 0 atom stereocenters. The van der Waals surface area contributed by atoms with Gasteiger partial charge in [-0.1, -0.05) is 13.8 Å². The van der Waals surface area contributed by atoms with Crippen LogP contribution in [0.25, 0.3) is 0 Å². The lowest BCUT2D eigenvalue weighted by Crippen LogP contribution is -2.33. The van der Waals surface area contributed by atoms with Crippen LogP contribution in [0.5, 0.6) is 0 Å². The Kier molecular flexibility index (Phi) is 6.20. The third kappa shape index (κ3) is 3.58. The van der Waals surface area contributed by atoms with E-state index in [4.69, 9.17) is 4.74 Å². The maximum atomic E-state index is 5.37. The average Bonchev–Trinajstić information content (AvgIpc) is 2.34. The molecule has 0 bridgehead atoms. The molecule has 84 valence electrons. The van der Waals surface area contributed by atoms with Gasteiger partial charge in [-0.05, 0) is 50.6 Å². The molecule has 2 heteroatoms. The van der Waals surface area contributed by atoms with Gasteiger partial charge in [-0.3, -0.25) is 0 Å². The molecule has 0 aromatic carbocycles. The third-order valence-electron chi connectivity index (χ3n) is 3.32. The zero-order valence-corrected chi connectivity index (χ0v) is 9.72. The topological polar surface area (TPSA) is 21.3 Å². The molecule has 0 aliphatic carbocycles. The predicted molar refractivity (Wildman–Crippen MR) is 60.5 cm³/mol. The van der Waals surface area contributed by atoms with Crippen LogP contribution >= 0.6 is 0 Å². The minimum Gasteiger partial charge on any atom is -0.381 e. The van der Waals surface area contributed by atoms with E-state index in [1.807, 2.05) is 13.8 Å². The first-order chi connectivity index (χ1) is 6.97. The van der Waals surface area contributed by atoms with E-state index in [0.717, 1.165) is 25.0 Å². The average molecular weight is 199 g/mol. The second-order valence-corrected chi connectivity index (χ2v) is 4.04. The van der Waals surface area contributed by atoms with Gasteiger partial charge in [-0.15, -0.1) is 0 Å². The lowest BCUT2D eigenvalue weighted by atomic mass is 9.80. The van der Waals surface area contributed by atoms with Crippen molar-refractivity contribution in [2.75, 3.05) is 26.3 Å². The maximum Gasteiger partial charge on any atom is 0.0468 e. The summed E-state index contributed by atoms with van der Waals surface area (Å²) in [5, 5.41) is 3.42. The summed E-state index contributed by atoms with van der Waals surface area (Å²) < 4.78 is 5.37. The van der Waals surface area contributed by atoms with Crippen molar-refractivity contribution in [3.63, 3.8) is 0 Å². The van der Waals surface area contributed by atoms with E-state index in [2.05, 4.69) is 5.32 Å². The summed E-state index contributed by atoms with van der Waals surface area (Å²) in [6.07, 6.45) is 5.41. The minimum absolute atomic E-state index is 0.973. The molecule has 2 aliphatic heterocycles. The molecule has 2 heterocycles. The van der Waals surface area contributed by atoms with Gasteiger partial charge in [0.05, 0.1) is 0 Å². The van der Waals surface area contributed by atoms with Gasteiger partial charge < -0.3 is 10.1 Å². The predicted octanol–water partition coefficient (Wildman–Crippen LogP) is 2.44. The van der Waals surface area contributed by atoms with Crippen molar-refractivity contribution in [2.24, 2.45) is 11.8 Å². The summed E-state index contributed by atoms with van der Waals surface area (Å²) >= 11 is 0. The van der Waals surface area contributed by atoms with Crippen molar-refractivity contribution in [1.82, 2.24) is 5.32 Å². The molecule has 0 radical (unpaired) electrons. The maximum absolute atomic E-state index is 5.37. The van der Waals surface area contributed by atoms with Gasteiger partial charge in [0.25, 0.3) is 0 Å². The summed E-state index contributed by atoms with van der Waals surface area (Å²) in [6.45, 7) is 8.49. The normalized spacial score (nSPS) is 25.3. The Morgan fingerprint density at radius 1 is 0.857 bits per heavy atom. The van der Waals surface area contributed by atoms with Gasteiger partial charge >= 0.3 is 0 Å². The zero-order chi connectivity index (χ0) is 10.2. The Hall–Kier alpha value is -0.0800. The van der Waals surface area contributed by atoms with E-state index in [9.17, 15) is 0 Å². The van der Waals surface area contributed by atoms with Gasteiger partial charge in [0.1, 0.15) is 0 Å². The lowest BCUT2D eigenvalue weighted by molar-refractivity contribution is 0.0406. The Bertz CT molecular complexity index is 110. The van der Waals surface area contributed by atoms with Gasteiger partial charge in [-0.25, -0.2) is 0 Å². The van der Waals surface area contributed by atoms with Gasteiger partial charge in [0.2, 0.25) is 0 Å². The molecule has 0 aromatic rings. The number of ether oxygens (including phenoxy) is 1. The largest absolute Gasteiger partial charge is 0.381 e. The van der Waals surface area contributed by atoms with E-state index in [0.29, 0.717) is 0 Å². The van der Waals surface area contributed by atoms with Crippen LogP contribution in [0.2, 0.25) is 0 Å². The summed E-state index contributed by atoms with van der Waals surface area (Å²) in [4.78, 5) is 0. The number of hydrogen-bond donors (Lipinski definition) is 1. The molecule has 0 spiro atoms. The standard InChI is InChI=1S/C10H19NO.C2H6/c1-5-11-6-2-9(1)10-3-7-12-8-4-10;1-2/h9-11H,1-8H2;1-2H3. The van der Waals surface area contributed by atoms with Crippen molar-refractivity contribution in [3.05, 3.63) is 0 Å². The van der Waals surface area contributed by atoms with Crippen molar-refractivity contribution in [1.29, 1.82) is 0 Å². The fraction of sp³-hybridized carbons (Fsp3) is 1.00. The Labute approximate surface area is 88.4 Å². The first-order valence-electron chi connectivity index (χ1n) is 6.25. The van der Waals surface area contributed by atoms with Crippen LogP contribution in [0.1, 0.15) is 39.5 Å². The molecule has 2 nitrogen and oxygen atoms in total. The smallest absolute Gasteiger partial charge is 0.0468 e. The number of piperidine rings is 1. The van der Waals surface area contributed by atoms with Crippen molar-refractivity contribution >= 4 is 0 Å². The van der Waals surface area contributed by atoms with Crippen LogP contribution < -0.4 is 5.32 Å². The van der Waals surface area contributed by atoms with Gasteiger partial charge in [0.15, 0.2) is 0 Å². The highest BCUT2D eigenvalue weighted by atomic mass is 16.5. The molecule has 0 aromatic heterocycles. The molecule has 14 heavy (non-hydrogen) atoms. The van der Waals surface area contributed by atoms with E-state index >= 15 is 0 Å². The number of hydrogen-bond acceptors (Lipinski definition) is 2. The quantitative estimate of drug-likeness (QED) is 0.700. The van der Waals surface area contributed by atoms with E-state index < -0.39 is 0 Å². The molecular weight excluding hydrogens is 174 g/mol. The lowest BCUT2D eigenvalue weighted by Gasteiger charge is -2.33. The van der Waals surface area contributed by atoms with Crippen LogP contribution in [-0.4, -0.2) is 26.3 Å². The summed E-state index contributed by atoms with van der Waals surface area (Å²) in [5.74, 6) is 1.97. The highest BCUT2D eigenvalue weighted by molar-refractivity contribution is 4.77. The monoisotopic (exact) mass is 199 g/mol. The summed E-state index contributed by atoms with van der Waals surface area (Å²) in [5.41, 5.74) is 0. The van der Waals surface area contributed by atoms with E-state index in [-0.39, 0.29) is 0 Å². The highest BCUT2D eigenvalue weighted by Crippen LogP contribution is 2.29. The highest BCUT2D eigenvalue weighted by Gasteiger charge is 2.24. The molecular formula is C12H25NO. The van der Waals surface area contributed by atoms with E-state index in [1.54, 1.807) is 0 Å². The molecule has 0 saturated carbocycles. The minimum atomic E-state index is 0.973. The number of nitrogens with one attached hydrogen (secondary N) is 1. The van der Waals surface area contributed by atoms with Crippen molar-refractivity contribution < 1.29 is 4.74 Å². The third-order valence-corrected chi connectivity index (χ3v) is 3.32. The SMILES string of the molecule is C1CC(C2CCOCC2)CCN1.CC. The zero-order valence-electron chi connectivity index (χ0n) is 9.72. The van der Waals surface area contributed by atoms with Crippen LogP contribution in [0.4, 0.5) is 0 Å². The molecule has 2 aliphatic rings. The molecule has 1 N–H and O–H groups in total. The molecule has 0 unspecified atom stereocenters. The van der Waals surface area contributed by atoms with Gasteiger partial charge in [0, 0.05) is 13.2 Å². The Morgan fingerprint density at radius 2 is 1.36 bits per heavy atom. The van der Waals surface area contributed by atoms with Gasteiger partial charge in [-0.2, -0.15) is 0 Å².